The van der Waals surface area contributed by atoms with Gasteiger partial charge in [0.15, 0.2) is 0 Å². The summed E-state index contributed by atoms with van der Waals surface area (Å²) < 4.78 is 1.20. The first kappa shape index (κ1) is 18.1. The van der Waals surface area contributed by atoms with Gasteiger partial charge in [0, 0.05) is 32.1 Å². The number of benzene rings is 1. The van der Waals surface area contributed by atoms with E-state index < -0.39 is 0 Å². The minimum atomic E-state index is -0.238. The maximum Gasteiger partial charge on any atom is 0.275 e. The van der Waals surface area contributed by atoms with E-state index in [-0.39, 0.29) is 23.2 Å². The molecule has 142 valence electrons. The number of amides is 1. The van der Waals surface area contributed by atoms with Crippen LogP contribution in [0.5, 0.6) is 0 Å². The van der Waals surface area contributed by atoms with Gasteiger partial charge in [0.1, 0.15) is 5.69 Å². The van der Waals surface area contributed by atoms with Gasteiger partial charge in [0.05, 0.1) is 6.04 Å². The van der Waals surface area contributed by atoms with Crippen LogP contribution < -0.4 is 5.56 Å². The Labute approximate surface area is 163 Å². The second-order valence-electron chi connectivity index (χ2n) is 7.08. The number of hydrogen-bond donors (Lipinski definition) is 0. The van der Waals surface area contributed by atoms with Crippen LogP contribution in [0.25, 0.3) is 0 Å². The minimum absolute atomic E-state index is 0.0308. The Bertz CT molecular complexity index is 1050. The number of rotatable bonds is 4. The van der Waals surface area contributed by atoms with Crippen molar-refractivity contribution >= 4 is 5.91 Å². The number of aromatic nitrogens is 3. The van der Waals surface area contributed by atoms with Gasteiger partial charge < -0.3 is 4.90 Å². The normalized spacial score (nSPS) is 15.7. The Hall–Kier alpha value is -3.28. The van der Waals surface area contributed by atoms with Gasteiger partial charge in [-0.2, -0.15) is 5.10 Å². The van der Waals surface area contributed by atoms with E-state index in [4.69, 9.17) is 0 Å². The number of aryl methyl sites for hydroxylation is 2. The summed E-state index contributed by atoms with van der Waals surface area (Å²) in [6, 6.07) is 15.0. The number of carbonyl (C=O) groups is 1. The first-order valence-electron chi connectivity index (χ1n) is 9.45. The summed E-state index contributed by atoms with van der Waals surface area (Å²) in [4.78, 5) is 31.2. The van der Waals surface area contributed by atoms with Crippen molar-refractivity contribution in [3.05, 3.63) is 93.7 Å². The van der Waals surface area contributed by atoms with Crippen molar-refractivity contribution in [1.82, 2.24) is 19.7 Å². The molecule has 0 N–H and O–H groups in total. The highest BCUT2D eigenvalue weighted by molar-refractivity contribution is 5.92. The number of nitrogens with zero attached hydrogens (tertiary/aromatic N) is 4. The van der Waals surface area contributed by atoms with Crippen LogP contribution in [0.2, 0.25) is 0 Å². The fourth-order valence-electron chi connectivity index (χ4n) is 3.83. The summed E-state index contributed by atoms with van der Waals surface area (Å²) in [5.74, 6) is -0.179. The lowest BCUT2D eigenvalue weighted by Gasteiger charge is -2.36. The second-order valence-corrected chi connectivity index (χ2v) is 7.08. The smallest absolute Gasteiger partial charge is 0.275 e. The molecule has 6 heteroatoms. The topological polar surface area (TPSA) is 68.1 Å². The fraction of sp³-hybridized carbons (Fsp3) is 0.273. The highest BCUT2D eigenvalue weighted by Gasteiger charge is 2.30. The molecule has 0 radical (unpaired) electrons. The SMILES string of the molecule is Cn1nc(C(=O)N(Cc2cccnc2)[C@@H]2CCCc3ccccc32)ccc1=O. The molecule has 28 heavy (non-hydrogen) atoms. The van der Waals surface area contributed by atoms with Crippen molar-refractivity contribution < 1.29 is 4.79 Å². The molecule has 0 saturated carbocycles. The summed E-state index contributed by atoms with van der Waals surface area (Å²) >= 11 is 0. The molecule has 0 aliphatic heterocycles. The lowest BCUT2D eigenvalue weighted by molar-refractivity contribution is 0.0629. The first-order valence-corrected chi connectivity index (χ1v) is 9.45. The van der Waals surface area contributed by atoms with Crippen molar-refractivity contribution in [3.63, 3.8) is 0 Å². The lowest BCUT2D eigenvalue weighted by Crippen LogP contribution is -2.37. The fourth-order valence-corrected chi connectivity index (χ4v) is 3.83. The summed E-state index contributed by atoms with van der Waals surface area (Å²) in [7, 11) is 1.56. The molecule has 0 fully saturated rings. The molecule has 4 rings (SSSR count). The van der Waals surface area contributed by atoms with Crippen LogP contribution in [0, 0.1) is 0 Å². The van der Waals surface area contributed by atoms with Crippen LogP contribution >= 0.6 is 0 Å². The van der Waals surface area contributed by atoms with Crippen LogP contribution in [0.1, 0.15) is 46.1 Å². The monoisotopic (exact) mass is 374 g/mol. The van der Waals surface area contributed by atoms with Crippen molar-refractivity contribution in [3.8, 4) is 0 Å². The van der Waals surface area contributed by atoms with Crippen LogP contribution in [0.15, 0.2) is 65.7 Å². The van der Waals surface area contributed by atoms with E-state index in [0.29, 0.717) is 6.54 Å². The van der Waals surface area contributed by atoms with Gasteiger partial charge in [0.25, 0.3) is 11.5 Å². The third-order valence-corrected chi connectivity index (χ3v) is 5.23. The zero-order chi connectivity index (χ0) is 19.5. The molecular formula is C22H22N4O2. The van der Waals surface area contributed by atoms with E-state index in [0.717, 1.165) is 24.8 Å². The van der Waals surface area contributed by atoms with Crippen LogP contribution in [0.4, 0.5) is 0 Å². The van der Waals surface area contributed by atoms with Crippen LogP contribution in [-0.4, -0.2) is 25.6 Å². The third kappa shape index (κ3) is 3.58. The van der Waals surface area contributed by atoms with Gasteiger partial charge in [-0.3, -0.25) is 14.6 Å². The van der Waals surface area contributed by atoms with E-state index in [1.54, 1.807) is 19.4 Å². The molecule has 0 spiro atoms. The summed E-state index contributed by atoms with van der Waals surface area (Å²) in [6.07, 6.45) is 6.46. The second kappa shape index (κ2) is 7.76. The molecule has 1 aromatic carbocycles. The predicted octanol–water partition coefficient (Wildman–Crippen LogP) is 2.90. The number of fused-ring (bicyclic) bond motifs is 1. The Balaban J connectivity index is 1.75. The van der Waals surface area contributed by atoms with Gasteiger partial charge in [-0.05, 0) is 48.1 Å². The van der Waals surface area contributed by atoms with Crippen molar-refractivity contribution in [2.45, 2.75) is 31.8 Å². The molecule has 1 amide bonds. The van der Waals surface area contributed by atoms with Crippen molar-refractivity contribution in [2.75, 3.05) is 0 Å². The zero-order valence-corrected chi connectivity index (χ0v) is 15.8. The average molecular weight is 374 g/mol. The highest BCUT2D eigenvalue weighted by Crippen LogP contribution is 2.35. The Morgan fingerprint density at radius 2 is 2.04 bits per heavy atom. The minimum Gasteiger partial charge on any atom is -0.326 e. The maximum atomic E-state index is 13.4. The lowest BCUT2D eigenvalue weighted by atomic mass is 9.86. The molecule has 3 aromatic rings. The maximum absolute atomic E-state index is 13.4. The molecule has 1 aliphatic carbocycles. The molecule has 0 unspecified atom stereocenters. The predicted molar refractivity (Wildman–Crippen MR) is 106 cm³/mol. The van der Waals surface area contributed by atoms with Crippen molar-refractivity contribution in [1.29, 1.82) is 0 Å². The zero-order valence-electron chi connectivity index (χ0n) is 15.8. The van der Waals surface area contributed by atoms with Crippen molar-refractivity contribution in [2.24, 2.45) is 7.05 Å². The van der Waals surface area contributed by atoms with Crippen LogP contribution in [-0.2, 0) is 20.0 Å². The van der Waals surface area contributed by atoms with Gasteiger partial charge >= 0.3 is 0 Å². The van der Waals surface area contributed by atoms with Gasteiger partial charge in [-0.25, -0.2) is 4.68 Å². The van der Waals surface area contributed by atoms with E-state index in [1.807, 2.05) is 29.2 Å². The van der Waals surface area contributed by atoms with Gasteiger partial charge in [0.2, 0.25) is 0 Å². The quantitative estimate of drug-likeness (QED) is 0.704. The molecular weight excluding hydrogens is 352 g/mol. The Morgan fingerprint density at radius 1 is 1.18 bits per heavy atom. The molecule has 6 nitrogen and oxygen atoms in total. The number of hydrogen-bond acceptors (Lipinski definition) is 4. The Morgan fingerprint density at radius 3 is 2.82 bits per heavy atom. The third-order valence-electron chi connectivity index (χ3n) is 5.23. The highest BCUT2D eigenvalue weighted by atomic mass is 16.2. The summed E-state index contributed by atoms with van der Waals surface area (Å²) in [5.41, 5.74) is 3.48. The molecule has 0 saturated heterocycles. The average Bonchev–Trinajstić information content (AvgIpc) is 2.74. The van der Waals surface area contributed by atoms with E-state index >= 15 is 0 Å². The molecule has 2 heterocycles. The van der Waals surface area contributed by atoms with E-state index in [1.165, 1.54) is 27.9 Å². The summed E-state index contributed by atoms with van der Waals surface area (Å²) in [5, 5.41) is 4.18. The van der Waals surface area contributed by atoms with Gasteiger partial charge in [-0.15, -0.1) is 0 Å². The van der Waals surface area contributed by atoms with Crippen LogP contribution in [0.3, 0.4) is 0 Å². The first-order chi connectivity index (χ1) is 13.6. The largest absolute Gasteiger partial charge is 0.326 e. The Kier molecular flexibility index (Phi) is 5.02. The number of pyridine rings is 1. The molecule has 1 aliphatic rings. The number of carbonyl (C=O) groups excluding carboxylic acids is 1. The van der Waals surface area contributed by atoms with Gasteiger partial charge in [-0.1, -0.05) is 30.3 Å². The standard InChI is InChI=1S/C22H22N4O2/c1-25-21(27)12-11-19(24-25)22(28)26(15-16-6-5-13-23-14-16)20-10-4-8-17-7-2-3-9-18(17)20/h2-3,5-7,9,11-14,20H,4,8,10,15H2,1H3/t20-/m1/s1. The molecule has 0 bridgehead atoms. The summed E-state index contributed by atoms with van der Waals surface area (Å²) in [6.45, 7) is 0.441. The molecule has 1 atom stereocenters. The van der Waals surface area contributed by atoms with E-state index in [9.17, 15) is 9.59 Å². The molecule has 2 aromatic heterocycles. The van der Waals surface area contributed by atoms with E-state index in [2.05, 4.69) is 22.2 Å².